The van der Waals surface area contributed by atoms with Crippen molar-refractivity contribution in [3.05, 3.63) is 102 Å². The molecular weight excluding hydrogens is 367 g/mol. The van der Waals surface area contributed by atoms with Crippen LogP contribution in [0.15, 0.2) is 67.5 Å². The van der Waals surface area contributed by atoms with Crippen LogP contribution < -0.4 is 0 Å². The lowest BCUT2D eigenvalue weighted by Crippen LogP contribution is -2.32. The van der Waals surface area contributed by atoms with Gasteiger partial charge < -0.3 is 9.47 Å². The molecule has 0 N–H and O–H groups in total. The van der Waals surface area contributed by atoms with Gasteiger partial charge in [-0.25, -0.2) is 18.2 Å². The SMILES string of the molecule is C=CCN(Cc1nccn1Cc1ccc(F)c(F)c1)C(=O)c1cccc(F)c1. The molecule has 0 unspecified atom stereocenters. The summed E-state index contributed by atoms with van der Waals surface area (Å²) in [6, 6.07) is 9.13. The maximum absolute atomic E-state index is 13.5. The van der Waals surface area contributed by atoms with E-state index in [0.29, 0.717) is 11.4 Å². The van der Waals surface area contributed by atoms with Crippen molar-refractivity contribution < 1.29 is 18.0 Å². The fraction of sp³-hybridized carbons (Fsp3) is 0.143. The Morgan fingerprint density at radius 2 is 1.96 bits per heavy atom. The van der Waals surface area contributed by atoms with Crippen LogP contribution in [0.2, 0.25) is 0 Å². The van der Waals surface area contributed by atoms with E-state index in [-0.39, 0.29) is 31.1 Å². The quantitative estimate of drug-likeness (QED) is 0.573. The number of hydrogen-bond acceptors (Lipinski definition) is 2. The van der Waals surface area contributed by atoms with Crippen molar-refractivity contribution in [3.8, 4) is 0 Å². The van der Waals surface area contributed by atoms with Crippen molar-refractivity contribution in [2.75, 3.05) is 6.54 Å². The average Bonchev–Trinajstić information content (AvgIpc) is 3.10. The van der Waals surface area contributed by atoms with E-state index >= 15 is 0 Å². The molecule has 7 heteroatoms. The monoisotopic (exact) mass is 385 g/mol. The van der Waals surface area contributed by atoms with E-state index in [2.05, 4.69) is 11.6 Å². The molecule has 0 aliphatic heterocycles. The minimum absolute atomic E-state index is 0.151. The highest BCUT2D eigenvalue weighted by Crippen LogP contribution is 2.14. The number of hydrogen-bond donors (Lipinski definition) is 0. The number of imidazole rings is 1. The molecule has 1 amide bonds. The largest absolute Gasteiger partial charge is 0.329 e. The number of halogens is 3. The van der Waals surface area contributed by atoms with Gasteiger partial charge >= 0.3 is 0 Å². The van der Waals surface area contributed by atoms with Crippen molar-refractivity contribution in [3.63, 3.8) is 0 Å². The van der Waals surface area contributed by atoms with E-state index in [0.717, 1.165) is 12.1 Å². The Labute approximate surface area is 160 Å². The fourth-order valence-corrected chi connectivity index (χ4v) is 2.82. The summed E-state index contributed by atoms with van der Waals surface area (Å²) in [6.07, 6.45) is 4.82. The summed E-state index contributed by atoms with van der Waals surface area (Å²) in [5.74, 6) is -2.14. The van der Waals surface area contributed by atoms with Crippen LogP contribution in [-0.4, -0.2) is 26.9 Å². The molecule has 0 radical (unpaired) electrons. The lowest BCUT2D eigenvalue weighted by molar-refractivity contribution is 0.0757. The number of aromatic nitrogens is 2. The molecule has 1 aromatic heterocycles. The number of nitrogens with zero attached hydrogens (tertiary/aromatic N) is 3. The molecule has 0 aliphatic carbocycles. The van der Waals surface area contributed by atoms with E-state index in [4.69, 9.17) is 0 Å². The van der Waals surface area contributed by atoms with Crippen LogP contribution in [-0.2, 0) is 13.1 Å². The highest BCUT2D eigenvalue weighted by Gasteiger charge is 2.18. The van der Waals surface area contributed by atoms with Gasteiger partial charge in [-0.15, -0.1) is 6.58 Å². The van der Waals surface area contributed by atoms with Gasteiger partial charge in [-0.05, 0) is 35.9 Å². The minimum Gasteiger partial charge on any atom is -0.329 e. The standard InChI is InChI=1S/C21H18F3N3O/c1-2-9-27(21(28)16-4-3-5-17(22)12-16)14-20-25-8-10-26(20)13-15-6-7-18(23)19(24)11-15/h2-8,10-12H,1,9,13-14H2. The van der Waals surface area contributed by atoms with Crippen LogP contribution in [0.3, 0.4) is 0 Å². The maximum atomic E-state index is 13.5. The maximum Gasteiger partial charge on any atom is 0.254 e. The summed E-state index contributed by atoms with van der Waals surface area (Å²) < 4.78 is 41.8. The molecule has 3 aromatic rings. The Morgan fingerprint density at radius 3 is 2.68 bits per heavy atom. The highest BCUT2D eigenvalue weighted by atomic mass is 19.2. The van der Waals surface area contributed by atoms with Gasteiger partial charge in [0.15, 0.2) is 11.6 Å². The molecule has 3 rings (SSSR count). The third-order valence-electron chi connectivity index (χ3n) is 4.18. The van der Waals surface area contributed by atoms with E-state index in [1.165, 1.54) is 35.2 Å². The summed E-state index contributed by atoms with van der Waals surface area (Å²) in [5.41, 5.74) is 0.783. The number of rotatable bonds is 7. The zero-order chi connectivity index (χ0) is 20.1. The van der Waals surface area contributed by atoms with Crippen molar-refractivity contribution in [2.45, 2.75) is 13.1 Å². The predicted octanol–water partition coefficient (Wildman–Crippen LogP) is 4.18. The Hall–Kier alpha value is -3.35. The Bertz CT molecular complexity index is 1000. The smallest absolute Gasteiger partial charge is 0.254 e. The number of amides is 1. The van der Waals surface area contributed by atoms with E-state index in [1.54, 1.807) is 23.0 Å². The Morgan fingerprint density at radius 1 is 1.14 bits per heavy atom. The van der Waals surface area contributed by atoms with Gasteiger partial charge in [0.25, 0.3) is 5.91 Å². The fourth-order valence-electron chi connectivity index (χ4n) is 2.82. The molecule has 144 valence electrons. The van der Waals surface area contributed by atoms with Crippen molar-refractivity contribution in [2.24, 2.45) is 0 Å². The van der Waals surface area contributed by atoms with Crippen LogP contribution in [0.4, 0.5) is 13.2 Å². The van der Waals surface area contributed by atoms with E-state index in [9.17, 15) is 18.0 Å². The second-order valence-corrected chi connectivity index (χ2v) is 6.20. The Balaban J connectivity index is 1.80. The van der Waals surface area contributed by atoms with Gasteiger partial charge in [0, 0.05) is 31.0 Å². The zero-order valence-electron chi connectivity index (χ0n) is 15.0. The van der Waals surface area contributed by atoms with Crippen LogP contribution >= 0.6 is 0 Å². The topological polar surface area (TPSA) is 38.1 Å². The van der Waals surface area contributed by atoms with Crippen LogP contribution in [0.1, 0.15) is 21.7 Å². The molecule has 0 saturated heterocycles. The third-order valence-corrected chi connectivity index (χ3v) is 4.18. The van der Waals surface area contributed by atoms with Crippen molar-refractivity contribution in [1.82, 2.24) is 14.5 Å². The molecule has 0 saturated carbocycles. The number of carbonyl (C=O) groups excluding carboxylic acids is 1. The van der Waals surface area contributed by atoms with Gasteiger partial charge in [-0.1, -0.05) is 18.2 Å². The molecule has 0 atom stereocenters. The summed E-state index contributed by atoms with van der Waals surface area (Å²) in [4.78, 5) is 18.5. The molecule has 0 aliphatic rings. The van der Waals surface area contributed by atoms with Gasteiger partial charge in [-0.3, -0.25) is 4.79 Å². The average molecular weight is 385 g/mol. The molecule has 0 spiro atoms. The molecule has 2 aromatic carbocycles. The van der Waals surface area contributed by atoms with Crippen molar-refractivity contribution in [1.29, 1.82) is 0 Å². The summed E-state index contributed by atoms with van der Waals surface area (Å²) in [5, 5.41) is 0. The Kier molecular flexibility index (Phi) is 5.93. The first kappa shape index (κ1) is 19.4. The molecular formula is C21H18F3N3O. The predicted molar refractivity (Wildman–Crippen MR) is 99.0 cm³/mol. The first-order valence-corrected chi connectivity index (χ1v) is 8.57. The normalized spacial score (nSPS) is 10.7. The number of carbonyl (C=O) groups is 1. The minimum atomic E-state index is -0.922. The summed E-state index contributed by atoms with van der Waals surface area (Å²) >= 11 is 0. The zero-order valence-corrected chi connectivity index (χ0v) is 15.0. The van der Waals surface area contributed by atoms with Crippen LogP contribution in [0, 0.1) is 17.5 Å². The molecule has 1 heterocycles. The second kappa shape index (κ2) is 8.56. The molecule has 4 nitrogen and oxygen atoms in total. The first-order valence-electron chi connectivity index (χ1n) is 8.57. The van der Waals surface area contributed by atoms with Gasteiger partial charge in [0.1, 0.15) is 11.6 Å². The third kappa shape index (κ3) is 4.49. The highest BCUT2D eigenvalue weighted by molar-refractivity contribution is 5.94. The molecule has 0 bridgehead atoms. The van der Waals surface area contributed by atoms with E-state index in [1.807, 2.05) is 0 Å². The molecule has 28 heavy (non-hydrogen) atoms. The van der Waals surface area contributed by atoms with Crippen LogP contribution in [0.25, 0.3) is 0 Å². The van der Waals surface area contributed by atoms with Crippen molar-refractivity contribution >= 4 is 5.91 Å². The van der Waals surface area contributed by atoms with Crippen LogP contribution in [0.5, 0.6) is 0 Å². The van der Waals surface area contributed by atoms with Gasteiger partial charge in [-0.2, -0.15) is 0 Å². The first-order chi connectivity index (χ1) is 13.5. The van der Waals surface area contributed by atoms with Gasteiger partial charge in [0.2, 0.25) is 0 Å². The molecule has 0 fully saturated rings. The second-order valence-electron chi connectivity index (χ2n) is 6.20. The lowest BCUT2D eigenvalue weighted by Gasteiger charge is -2.21. The van der Waals surface area contributed by atoms with E-state index < -0.39 is 17.5 Å². The number of benzene rings is 2. The summed E-state index contributed by atoms with van der Waals surface area (Å²) in [7, 11) is 0. The summed E-state index contributed by atoms with van der Waals surface area (Å²) in [6.45, 7) is 4.32. The lowest BCUT2D eigenvalue weighted by atomic mass is 10.2. The van der Waals surface area contributed by atoms with Gasteiger partial charge in [0.05, 0.1) is 6.54 Å².